The van der Waals surface area contributed by atoms with Gasteiger partial charge in [-0.05, 0) is 37.6 Å². The maximum Gasteiger partial charge on any atom is 0.328 e. The maximum atomic E-state index is 10.6. The van der Waals surface area contributed by atoms with Crippen LogP contribution in [0.15, 0.2) is 35.1 Å². The number of carbonyl (C=O) groups is 1. The van der Waals surface area contributed by atoms with Crippen LogP contribution in [0.3, 0.4) is 0 Å². The Balaban J connectivity index is 2.58. The number of benzene rings is 1. The van der Waals surface area contributed by atoms with Crippen LogP contribution in [-0.2, 0) is 4.79 Å². The van der Waals surface area contributed by atoms with Gasteiger partial charge in [0.25, 0.3) is 0 Å². The molecule has 0 fully saturated rings. The highest BCUT2D eigenvalue weighted by Crippen LogP contribution is 2.23. The molecule has 1 aromatic carbocycles. The van der Waals surface area contributed by atoms with Crippen LogP contribution < -0.4 is 0 Å². The quantitative estimate of drug-likeness (QED) is 0.882. The normalized spacial score (nSPS) is 11.1. The molecule has 0 aliphatic carbocycles. The summed E-state index contributed by atoms with van der Waals surface area (Å²) < 4.78 is 2.88. The third-order valence-corrected chi connectivity index (χ3v) is 3.40. The molecule has 0 aliphatic heterocycles. The molecule has 98 valence electrons. The van der Waals surface area contributed by atoms with Gasteiger partial charge in [-0.2, -0.15) is 0 Å². The van der Waals surface area contributed by atoms with E-state index >= 15 is 0 Å². The van der Waals surface area contributed by atoms with E-state index < -0.39 is 5.97 Å². The molecule has 0 spiro atoms. The molecule has 1 aromatic heterocycles. The number of rotatable bonds is 3. The Labute approximate surface area is 119 Å². The number of carboxylic acid groups (broad SMARTS) is 1. The highest BCUT2D eigenvalue weighted by atomic mass is 79.9. The summed E-state index contributed by atoms with van der Waals surface area (Å²) in [5, 5.41) is 8.73. The van der Waals surface area contributed by atoms with Crippen LogP contribution in [0.1, 0.15) is 17.0 Å². The Bertz CT molecular complexity index is 659. The van der Waals surface area contributed by atoms with Crippen molar-refractivity contribution < 1.29 is 9.90 Å². The monoisotopic (exact) mass is 320 g/mol. The fraction of sp³-hybridized carbons (Fsp3) is 0.143. The fourth-order valence-corrected chi connectivity index (χ4v) is 2.12. The molecule has 2 aromatic rings. The molecule has 2 rings (SSSR count). The van der Waals surface area contributed by atoms with Gasteiger partial charge in [-0.15, -0.1) is 0 Å². The highest BCUT2D eigenvalue weighted by molar-refractivity contribution is 9.10. The van der Waals surface area contributed by atoms with Crippen molar-refractivity contribution in [3.63, 3.8) is 0 Å². The van der Waals surface area contributed by atoms with Gasteiger partial charge in [-0.3, -0.25) is 0 Å². The van der Waals surface area contributed by atoms with Crippen molar-refractivity contribution >= 4 is 28.0 Å². The van der Waals surface area contributed by atoms with Crippen LogP contribution in [0, 0.1) is 13.8 Å². The summed E-state index contributed by atoms with van der Waals surface area (Å²) in [6.45, 7) is 3.92. The number of nitrogens with zero attached hydrogens (tertiary/aromatic N) is 2. The number of halogens is 1. The van der Waals surface area contributed by atoms with E-state index in [-0.39, 0.29) is 0 Å². The first kappa shape index (κ1) is 13.5. The largest absolute Gasteiger partial charge is 0.478 e. The van der Waals surface area contributed by atoms with Crippen LogP contribution in [0.4, 0.5) is 0 Å². The van der Waals surface area contributed by atoms with E-state index in [4.69, 9.17) is 5.11 Å². The van der Waals surface area contributed by atoms with Crippen molar-refractivity contribution in [2.75, 3.05) is 0 Å². The average Bonchev–Trinajstić information content (AvgIpc) is 2.68. The molecule has 0 aliphatic rings. The number of aryl methyl sites for hydroxylation is 1. The summed E-state index contributed by atoms with van der Waals surface area (Å²) in [4.78, 5) is 14.9. The zero-order valence-electron chi connectivity index (χ0n) is 10.6. The van der Waals surface area contributed by atoms with Gasteiger partial charge in [-0.1, -0.05) is 22.0 Å². The second-order valence-electron chi connectivity index (χ2n) is 4.16. The maximum absolute atomic E-state index is 10.6. The second-order valence-corrected chi connectivity index (χ2v) is 5.08. The van der Waals surface area contributed by atoms with Crippen molar-refractivity contribution in [1.82, 2.24) is 9.55 Å². The molecule has 0 atom stereocenters. The molecule has 5 heteroatoms. The van der Waals surface area contributed by atoms with Gasteiger partial charge in [0, 0.05) is 16.2 Å². The first-order valence-corrected chi connectivity index (χ1v) is 6.50. The lowest BCUT2D eigenvalue weighted by Gasteiger charge is -2.10. The molecule has 19 heavy (non-hydrogen) atoms. The number of aromatic nitrogens is 2. The van der Waals surface area contributed by atoms with Gasteiger partial charge in [0.2, 0.25) is 0 Å². The SMILES string of the molecule is Cc1ncn(-c2cc(Br)ccc2/C=C/C(=O)O)c1C. The third kappa shape index (κ3) is 2.93. The predicted molar refractivity (Wildman–Crippen MR) is 77.4 cm³/mol. The van der Waals surface area contributed by atoms with Crippen LogP contribution in [0.25, 0.3) is 11.8 Å². The van der Waals surface area contributed by atoms with E-state index in [1.807, 2.05) is 36.6 Å². The second kappa shape index (κ2) is 5.40. The molecular weight excluding hydrogens is 308 g/mol. The molecule has 0 bridgehead atoms. The predicted octanol–water partition coefficient (Wildman–Crippen LogP) is 3.35. The highest BCUT2D eigenvalue weighted by Gasteiger charge is 2.08. The fourth-order valence-electron chi connectivity index (χ4n) is 1.77. The van der Waals surface area contributed by atoms with E-state index in [1.165, 1.54) is 0 Å². The van der Waals surface area contributed by atoms with Gasteiger partial charge in [0.1, 0.15) is 0 Å². The van der Waals surface area contributed by atoms with Crippen LogP contribution in [0.2, 0.25) is 0 Å². The minimum atomic E-state index is -0.965. The number of aliphatic carboxylic acids is 1. The number of carboxylic acids is 1. The van der Waals surface area contributed by atoms with E-state index in [9.17, 15) is 4.79 Å². The minimum absolute atomic E-state index is 0.825. The van der Waals surface area contributed by atoms with E-state index in [1.54, 1.807) is 12.4 Å². The van der Waals surface area contributed by atoms with Crippen molar-refractivity contribution in [1.29, 1.82) is 0 Å². The summed E-state index contributed by atoms with van der Waals surface area (Å²) in [5.41, 5.74) is 3.70. The first-order chi connectivity index (χ1) is 8.99. The number of hydrogen-bond acceptors (Lipinski definition) is 2. The lowest BCUT2D eigenvalue weighted by molar-refractivity contribution is -0.131. The van der Waals surface area contributed by atoms with Crippen molar-refractivity contribution in [2.45, 2.75) is 13.8 Å². The molecule has 0 saturated heterocycles. The van der Waals surface area contributed by atoms with Crippen molar-refractivity contribution in [3.8, 4) is 5.69 Å². The van der Waals surface area contributed by atoms with Gasteiger partial charge in [0.15, 0.2) is 0 Å². The van der Waals surface area contributed by atoms with Crippen LogP contribution in [0.5, 0.6) is 0 Å². The average molecular weight is 321 g/mol. The number of hydrogen-bond donors (Lipinski definition) is 1. The Morgan fingerprint density at radius 2 is 2.16 bits per heavy atom. The molecule has 0 amide bonds. The topological polar surface area (TPSA) is 55.1 Å². The van der Waals surface area contributed by atoms with Gasteiger partial charge in [0.05, 0.1) is 17.7 Å². The lowest BCUT2D eigenvalue weighted by Crippen LogP contribution is -1.98. The molecule has 4 nitrogen and oxygen atoms in total. The summed E-state index contributed by atoms with van der Waals surface area (Å²) in [6, 6.07) is 5.69. The van der Waals surface area contributed by atoms with Crippen molar-refractivity contribution in [3.05, 3.63) is 52.0 Å². The molecule has 0 saturated carbocycles. The van der Waals surface area contributed by atoms with E-state index in [2.05, 4.69) is 20.9 Å². The number of imidazole rings is 1. The smallest absolute Gasteiger partial charge is 0.328 e. The van der Waals surface area contributed by atoms with Crippen LogP contribution >= 0.6 is 15.9 Å². The molecule has 0 radical (unpaired) electrons. The zero-order chi connectivity index (χ0) is 14.0. The van der Waals surface area contributed by atoms with Gasteiger partial charge < -0.3 is 9.67 Å². The third-order valence-electron chi connectivity index (χ3n) is 2.91. The van der Waals surface area contributed by atoms with E-state index in [0.717, 1.165) is 33.2 Å². The summed E-state index contributed by atoms with van der Waals surface area (Å²) in [7, 11) is 0. The molecule has 1 N–H and O–H groups in total. The zero-order valence-corrected chi connectivity index (χ0v) is 12.2. The summed E-state index contributed by atoms with van der Waals surface area (Å²) >= 11 is 3.43. The Hall–Kier alpha value is -1.88. The Kier molecular flexibility index (Phi) is 3.85. The van der Waals surface area contributed by atoms with Crippen LogP contribution in [-0.4, -0.2) is 20.6 Å². The Morgan fingerprint density at radius 1 is 1.42 bits per heavy atom. The van der Waals surface area contributed by atoms with Gasteiger partial charge >= 0.3 is 5.97 Å². The van der Waals surface area contributed by atoms with Crippen molar-refractivity contribution in [2.24, 2.45) is 0 Å². The van der Waals surface area contributed by atoms with E-state index in [0.29, 0.717) is 0 Å². The molecule has 0 unspecified atom stereocenters. The summed E-state index contributed by atoms with van der Waals surface area (Å²) in [6.07, 6.45) is 4.45. The molecule has 1 heterocycles. The lowest BCUT2D eigenvalue weighted by atomic mass is 10.1. The minimum Gasteiger partial charge on any atom is -0.478 e. The standard InChI is InChI=1S/C14H13BrN2O2/c1-9-10(2)17(8-16-9)13-7-12(15)5-3-11(13)4-6-14(18)19/h3-8H,1-2H3,(H,18,19)/b6-4+. The summed E-state index contributed by atoms with van der Waals surface area (Å²) in [5.74, 6) is -0.965. The first-order valence-electron chi connectivity index (χ1n) is 5.70. The molecular formula is C14H13BrN2O2. The Morgan fingerprint density at radius 3 is 2.74 bits per heavy atom. The van der Waals surface area contributed by atoms with Gasteiger partial charge in [-0.25, -0.2) is 9.78 Å².